The lowest BCUT2D eigenvalue weighted by Gasteiger charge is -2.21. The standard InChI is InChI=1S/C23H27ClN2O4S/c1-17-10-20(15-26(17)7-6-18-11-19(14-25)13-21(24)12-18)16-30-22-2-4-23(5-3-22)31(28,29)9-8-27/h2-5,11-13,17,20,27H,6-10,15-16H2,1H3/t17-,20+/m1/s1. The van der Waals surface area contributed by atoms with Gasteiger partial charge in [-0.25, -0.2) is 8.42 Å². The SMILES string of the molecule is C[C@@H]1C[C@H](COc2ccc(S(=O)(=O)CCO)cc2)CN1CCc1cc(Cl)cc(C#N)c1. The number of aliphatic hydroxyl groups is 1. The fraction of sp³-hybridized carbons (Fsp3) is 0.435. The van der Waals surface area contributed by atoms with E-state index in [1.54, 1.807) is 18.2 Å². The number of halogens is 1. The quantitative estimate of drug-likeness (QED) is 0.614. The summed E-state index contributed by atoms with van der Waals surface area (Å²) < 4.78 is 29.8. The van der Waals surface area contributed by atoms with E-state index in [2.05, 4.69) is 17.9 Å². The van der Waals surface area contributed by atoms with Gasteiger partial charge in [-0.05, 0) is 67.8 Å². The number of rotatable bonds is 9. The fourth-order valence-electron chi connectivity index (χ4n) is 3.98. The normalized spacial score (nSPS) is 19.3. The number of sulfone groups is 1. The van der Waals surface area contributed by atoms with Crippen LogP contribution in [0, 0.1) is 17.2 Å². The van der Waals surface area contributed by atoms with Crippen molar-refractivity contribution in [3.8, 4) is 11.8 Å². The van der Waals surface area contributed by atoms with Crippen LogP contribution in [0.25, 0.3) is 0 Å². The minimum Gasteiger partial charge on any atom is -0.493 e. The van der Waals surface area contributed by atoms with Gasteiger partial charge in [0.1, 0.15) is 5.75 Å². The third-order valence-corrected chi connectivity index (χ3v) is 7.52. The lowest BCUT2D eigenvalue weighted by Crippen LogP contribution is -2.29. The molecule has 1 aliphatic heterocycles. The monoisotopic (exact) mass is 462 g/mol. The summed E-state index contributed by atoms with van der Waals surface area (Å²) >= 11 is 6.10. The van der Waals surface area contributed by atoms with Crippen LogP contribution in [-0.4, -0.2) is 56.5 Å². The Morgan fingerprint density at radius 1 is 1.26 bits per heavy atom. The second-order valence-corrected chi connectivity index (χ2v) is 10.5. The first-order chi connectivity index (χ1) is 14.8. The molecule has 166 valence electrons. The molecule has 0 saturated carbocycles. The highest BCUT2D eigenvalue weighted by atomic mass is 35.5. The topological polar surface area (TPSA) is 90.6 Å². The Labute approximate surface area is 188 Å². The zero-order valence-electron chi connectivity index (χ0n) is 17.5. The maximum Gasteiger partial charge on any atom is 0.180 e. The van der Waals surface area contributed by atoms with Gasteiger partial charge in [0.15, 0.2) is 9.84 Å². The highest BCUT2D eigenvalue weighted by molar-refractivity contribution is 7.91. The molecule has 0 aromatic heterocycles. The van der Waals surface area contributed by atoms with Gasteiger partial charge in [0.05, 0.1) is 35.5 Å². The molecule has 0 bridgehead atoms. The Kier molecular flexibility index (Phi) is 7.95. The van der Waals surface area contributed by atoms with E-state index in [-0.39, 0.29) is 10.6 Å². The van der Waals surface area contributed by atoms with Crippen molar-refractivity contribution in [1.82, 2.24) is 4.90 Å². The predicted molar refractivity (Wildman–Crippen MR) is 120 cm³/mol. The maximum atomic E-state index is 12.0. The van der Waals surface area contributed by atoms with Gasteiger partial charge in [-0.3, -0.25) is 4.90 Å². The van der Waals surface area contributed by atoms with E-state index < -0.39 is 16.4 Å². The van der Waals surface area contributed by atoms with Gasteiger partial charge in [-0.2, -0.15) is 5.26 Å². The lowest BCUT2D eigenvalue weighted by atomic mass is 10.1. The second kappa shape index (κ2) is 10.5. The molecular formula is C23H27ClN2O4S. The van der Waals surface area contributed by atoms with Crippen molar-refractivity contribution in [3.63, 3.8) is 0 Å². The van der Waals surface area contributed by atoms with Crippen molar-refractivity contribution >= 4 is 21.4 Å². The highest BCUT2D eigenvalue weighted by Gasteiger charge is 2.29. The van der Waals surface area contributed by atoms with Crippen LogP contribution in [0.4, 0.5) is 0 Å². The molecule has 0 spiro atoms. The number of hydrogen-bond acceptors (Lipinski definition) is 6. The Bertz CT molecular complexity index is 1030. The minimum absolute atomic E-state index is 0.190. The van der Waals surface area contributed by atoms with Crippen molar-refractivity contribution in [2.45, 2.75) is 30.7 Å². The van der Waals surface area contributed by atoms with Crippen molar-refractivity contribution in [3.05, 3.63) is 58.6 Å². The third kappa shape index (κ3) is 6.44. The van der Waals surface area contributed by atoms with Crippen molar-refractivity contribution in [2.75, 3.05) is 32.1 Å². The summed E-state index contributed by atoms with van der Waals surface area (Å²) in [5, 5.41) is 18.6. The molecular weight excluding hydrogens is 436 g/mol. The maximum absolute atomic E-state index is 12.0. The van der Waals surface area contributed by atoms with Crippen LogP contribution in [0.15, 0.2) is 47.4 Å². The van der Waals surface area contributed by atoms with Crippen LogP contribution in [-0.2, 0) is 16.3 Å². The highest BCUT2D eigenvalue weighted by Crippen LogP contribution is 2.25. The smallest absolute Gasteiger partial charge is 0.180 e. The molecule has 0 aliphatic carbocycles. The summed E-state index contributed by atoms with van der Waals surface area (Å²) in [6, 6.07) is 14.4. The number of hydrogen-bond donors (Lipinski definition) is 1. The molecule has 1 heterocycles. The number of likely N-dealkylation sites (tertiary alicyclic amines) is 1. The molecule has 1 saturated heterocycles. The Hall–Kier alpha value is -2.11. The summed E-state index contributed by atoms with van der Waals surface area (Å²) in [6.45, 7) is 4.20. The Balaban J connectivity index is 1.50. The van der Waals surface area contributed by atoms with Gasteiger partial charge in [-0.15, -0.1) is 0 Å². The van der Waals surface area contributed by atoms with Crippen LogP contribution in [0.2, 0.25) is 5.02 Å². The van der Waals surface area contributed by atoms with Gasteiger partial charge in [0.25, 0.3) is 0 Å². The molecule has 2 aromatic rings. The van der Waals surface area contributed by atoms with E-state index >= 15 is 0 Å². The van der Waals surface area contributed by atoms with Crippen LogP contribution >= 0.6 is 11.6 Å². The minimum atomic E-state index is -3.45. The molecule has 1 N–H and O–H groups in total. The summed E-state index contributed by atoms with van der Waals surface area (Å²) in [4.78, 5) is 2.61. The zero-order chi connectivity index (χ0) is 22.4. The summed E-state index contributed by atoms with van der Waals surface area (Å²) in [5.41, 5.74) is 1.64. The number of aliphatic hydroxyl groups excluding tert-OH is 1. The van der Waals surface area contributed by atoms with Gasteiger partial charge < -0.3 is 9.84 Å². The number of benzene rings is 2. The fourth-order valence-corrected chi connectivity index (χ4v) is 5.26. The van der Waals surface area contributed by atoms with Crippen molar-refractivity contribution in [2.24, 2.45) is 5.92 Å². The first-order valence-corrected chi connectivity index (χ1v) is 12.3. The van der Waals surface area contributed by atoms with Gasteiger partial charge >= 0.3 is 0 Å². The summed E-state index contributed by atoms with van der Waals surface area (Å²) in [7, 11) is -3.45. The van der Waals surface area contributed by atoms with E-state index in [1.807, 2.05) is 12.1 Å². The number of nitriles is 1. The van der Waals surface area contributed by atoms with Crippen LogP contribution in [0.5, 0.6) is 5.75 Å². The predicted octanol–water partition coefficient (Wildman–Crippen LogP) is 3.31. The molecule has 31 heavy (non-hydrogen) atoms. The van der Waals surface area contributed by atoms with Crippen molar-refractivity contribution < 1.29 is 18.3 Å². The third-order valence-electron chi connectivity index (χ3n) is 5.59. The number of ether oxygens (including phenoxy) is 1. The Morgan fingerprint density at radius 3 is 2.68 bits per heavy atom. The number of nitrogens with zero attached hydrogens (tertiary/aromatic N) is 2. The molecule has 1 aliphatic rings. The average molecular weight is 463 g/mol. The van der Waals surface area contributed by atoms with E-state index in [0.29, 0.717) is 34.9 Å². The van der Waals surface area contributed by atoms with Crippen LogP contribution in [0.1, 0.15) is 24.5 Å². The van der Waals surface area contributed by atoms with E-state index in [1.165, 1.54) is 12.1 Å². The summed E-state index contributed by atoms with van der Waals surface area (Å²) in [6.07, 6.45) is 1.86. The molecule has 1 fully saturated rings. The van der Waals surface area contributed by atoms with Gasteiger partial charge in [-0.1, -0.05) is 11.6 Å². The van der Waals surface area contributed by atoms with E-state index in [9.17, 15) is 8.42 Å². The molecule has 6 nitrogen and oxygen atoms in total. The molecule has 0 unspecified atom stereocenters. The largest absolute Gasteiger partial charge is 0.493 e. The van der Waals surface area contributed by atoms with Crippen LogP contribution < -0.4 is 4.74 Å². The molecule has 3 rings (SSSR count). The van der Waals surface area contributed by atoms with E-state index in [4.69, 9.17) is 26.7 Å². The summed E-state index contributed by atoms with van der Waals surface area (Å²) in [5.74, 6) is 0.745. The zero-order valence-corrected chi connectivity index (χ0v) is 19.1. The first kappa shape index (κ1) is 23.6. The van der Waals surface area contributed by atoms with Gasteiger partial charge in [0, 0.05) is 30.1 Å². The molecule has 0 radical (unpaired) electrons. The molecule has 2 atom stereocenters. The van der Waals surface area contributed by atoms with Crippen molar-refractivity contribution in [1.29, 1.82) is 5.26 Å². The Morgan fingerprint density at radius 2 is 2.00 bits per heavy atom. The second-order valence-electron chi connectivity index (χ2n) is 7.98. The average Bonchev–Trinajstić information content (AvgIpc) is 3.10. The molecule has 0 amide bonds. The van der Waals surface area contributed by atoms with E-state index in [0.717, 1.165) is 31.5 Å². The van der Waals surface area contributed by atoms with Gasteiger partial charge in [0.2, 0.25) is 0 Å². The first-order valence-electron chi connectivity index (χ1n) is 10.3. The lowest BCUT2D eigenvalue weighted by molar-refractivity contribution is 0.234. The van der Waals surface area contributed by atoms with Crippen LogP contribution in [0.3, 0.4) is 0 Å². The molecule has 2 aromatic carbocycles. The molecule has 8 heteroatoms.